The Morgan fingerprint density at radius 1 is 0.937 bits per heavy atom. The number of hydrogen-bond donors (Lipinski definition) is 7. The van der Waals surface area contributed by atoms with Crippen molar-refractivity contribution in [3.8, 4) is 33.3 Å². The van der Waals surface area contributed by atoms with Crippen LogP contribution in [0.25, 0.3) is 21.8 Å². The number of alkyl halides is 1. The number of likely N-dealkylation sites (tertiary alicyclic amines) is 1. The number of benzene rings is 3. The number of aryl methyl sites for hydroxylation is 2. The number of aromatic hydroxyl groups is 1. The number of thiazole rings is 1. The molecular formula is C56H66FN9O12S. The Kier molecular flexibility index (Phi) is 17.8. The monoisotopic (exact) mass is 1110 g/mol. The van der Waals surface area contributed by atoms with Crippen molar-refractivity contribution in [1.29, 1.82) is 0 Å². The van der Waals surface area contributed by atoms with Crippen LogP contribution in [0, 0.1) is 12.3 Å². The third kappa shape index (κ3) is 14.1. The summed E-state index contributed by atoms with van der Waals surface area (Å²) >= 11 is 1.48. The Bertz CT molecular complexity index is 3080. The van der Waals surface area contributed by atoms with E-state index in [4.69, 9.17) is 14.0 Å². The summed E-state index contributed by atoms with van der Waals surface area (Å²) in [5.74, 6) is -3.36. The highest BCUT2D eigenvalue weighted by atomic mass is 32.1. The maximum absolute atomic E-state index is 14.7. The van der Waals surface area contributed by atoms with Crippen LogP contribution in [0.15, 0.2) is 76.8 Å². The topological polar surface area (TPSA) is 284 Å². The summed E-state index contributed by atoms with van der Waals surface area (Å²) in [6.07, 6.45) is 0.118. The maximum Gasteiger partial charge on any atom is 0.273 e. The minimum Gasteiger partial charge on any atom is -0.507 e. The average molecular weight is 1110 g/mol. The first-order valence-corrected chi connectivity index (χ1v) is 26.9. The molecule has 7 amide bonds. The van der Waals surface area contributed by atoms with Gasteiger partial charge in [-0.15, -0.1) is 11.3 Å². The standard InChI is InChI=1S/C56H66FN9O12S/c1-31-48(79-30-60-31)34-9-7-33(8-10-34)41(62-51(72)43-24-36(67)28-66(43)53(74)49(55(2,3)4)63-54(75)56(57)17-18-56)27-46(69)58-19-21-76-22-20-59-47(70)29-77-37-14-11-32-13-16-40(39(32)25-37)61-50(71)42-26-45(78-64-42)35-12-15-38(44(68)23-35)52(73)65(5)6/h7-12,14-15,23,25-26,30,36,40-41,43,49,67-68H,13,16-22,24,27-29H2,1-6H3,(H,58,69)(H,59,70)(H,61,71)(H,62,72)(H,63,75)/t36-,40-,41?,43+,49?/m1/s1. The van der Waals surface area contributed by atoms with Gasteiger partial charge in [-0.3, -0.25) is 33.6 Å². The summed E-state index contributed by atoms with van der Waals surface area (Å²) in [5.41, 5.74) is 3.64. The van der Waals surface area contributed by atoms with Crippen molar-refractivity contribution in [1.82, 2.24) is 46.5 Å². The lowest BCUT2D eigenvalue weighted by Crippen LogP contribution is -2.59. The zero-order valence-corrected chi connectivity index (χ0v) is 45.7. The zero-order valence-electron chi connectivity index (χ0n) is 44.9. The van der Waals surface area contributed by atoms with E-state index in [1.807, 2.05) is 25.1 Å². The van der Waals surface area contributed by atoms with Crippen LogP contribution in [-0.2, 0) is 35.1 Å². The quantitative estimate of drug-likeness (QED) is 0.0471. The first-order chi connectivity index (χ1) is 37.6. The minimum atomic E-state index is -2.03. The van der Waals surface area contributed by atoms with Gasteiger partial charge in [-0.2, -0.15) is 0 Å². The highest BCUT2D eigenvalue weighted by Gasteiger charge is 2.53. The van der Waals surface area contributed by atoms with E-state index >= 15 is 0 Å². The molecule has 5 atom stereocenters. The number of β-amino-alcohol motifs (C(OH)–C–C–N with tert-alkyl or cyclic N) is 1. The Balaban J connectivity index is 0.785. The lowest BCUT2D eigenvalue weighted by atomic mass is 9.85. The second kappa shape index (κ2) is 24.5. The van der Waals surface area contributed by atoms with E-state index in [-0.39, 0.29) is 99.9 Å². The van der Waals surface area contributed by atoms with Gasteiger partial charge < -0.3 is 60.6 Å². The lowest BCUT2D eigenvalue weighted by molar-refractivity contribution is -0.145. The summed E-state index contributed by atoms with van der Waals surface area (Å²) < 4.78 is 31.6. The van der Waals surface area contributed by atoms with E-state index in [1.54, 1.807) is 70.7 Å². The molecule has 3 aromatic carbocycles. The van der Waals surface area contributed by atoms with E-state index in [1.165, 1.54) is 39.3 Å². The van der Waals surface area contributed by atoms with Gasteiger partial charge in [0, 0.05) is 51.8 Å². The predicted octanol–water partition coefficient (Wildman–Crippen LogP) is 4.47. The number of phenols is 1. The van der Waals surface area contributed by atoms with Crippen molar-refractivity contribution in [3.63, 3.8) is 0 Å². The molecule has 3 heterocycles. The van der Waals surface area contributed by atoms with Gasteiger partial charge in [0.05, 0.1) is 59.5 Å². The molecule has 0 radical (unpaired) electrons. The number of carbonyl (C=O) groups is 7. The van der Waals surface area contributed by atoms with Crippen molar-refractivity contribution in [2.45, 2.75) is 102 Å². The molecule has 1 saturated heterocycles. The molecule has 2 aliphatic carbocycles. The molecular weight excluding hydrogens is 1040 g/mol. The molecule has 3 aliphatic rings. The van der Waals surface area contributed by atoms with E-state index in [0.717, 1.165) is 27.3 Å². The Hall–Kier alpha value is -7.76. The largest absolute Gasteiger partial charge is 0.507 e. The summed E-state index contributed by atoms with van der Waals surface area (Å²) in [7, 11) is 3.15. The first-order valence-electron chi connectivity index (χ1n) is 26.1. The number of aliphatic hydroxyl groups is 1. The molecule has 5 aromatic rings. The predicted molar refractivity (Wildman–Crippen MR) is 287 cm³/mol. The number of aliphatic hydroxyl groups excluding tert-OH is 1. The molecule has 1 saturated carbocycles. The number of hydrogen-bond acceptors (Lipinski definition) is 15. The molecule has 7 N–H and O–H groups in total. The molecule has 21 nitrogen and oxygen atoms in total. The molecule has 0 bridgehead atoms. The Labute approximate surface area is 460 Å². The Morgan fingerprint density at radius 3 is 2.30 bits per heavy atom. The van der Waals surface area contributed by atoms with Gasteiger partial charge in [0.2, 0.25) is 17.7 Å². The second-order valence-electron chi connectivity index (χ2n) is 21.3. The van der Waals surface area contributed by atoms with Gasteiger partial charge in [-0.25, -0.2) is 9.37 Å². The fourth-order valence-corrected chi connectivity index (χ4v) is 10.3. The van der Waals surface area contributed by atoms with Gasteiger partial charge in [0.25, 0.3) is 23.6 Å². The van der Waals surface area contributed by atoms with E-state index in [9.17, 15) is 48.2 Å². The zero-order chi connectivity index (χ0) is 56.8. The number of nitrogens with one attached hydrogen (secondary N) is 5. The number of fused-ring (bicyclic) bond motifs is 1. The number of carbonyl (C=O) groups excluding carboxylic acids is 7. The smallest absolute Gasteiger partial charge is 0.273 e. The molecule has 23 heteroatoms. The number of ether oxygens (including phenoxy) is 2. The third-order valence-electron chi connectivity index (χ3n) is 14.0. The highest BCUT2D eigenvalue weighted by Crippen LogP contribution is 2.41. The fourth-order valence-electron chi connectivity index (χ4n) is 9.45. The number of amides is 7. The summed E-state index contributed by atoms with van der Waals surface area (Å²) in [4.78, 5) is 101. The maximum atomic E-state index is 14.7. The van der Waals surface area contributed by atoms with Crippen LogP contribution in [-0.4, -0.2) is 149 Å². The summed E-state index contributed by atoms with van der Waals surface area (Å²) in [5, 5.41) is 39.2. The molecule has 1 aliphatic heterocycles. The van der Waals surface area contributed by atoms with Gasteiger partial charge in [-0.05, 0) is 84.5 Å². The number of halogens is 1. The second-order valence-corrected chi connectivity index (χ2v) is 22.2. The van der Waals surface area contributed by atoms with Crippen LogP contribution < -0.4 is 31.3 Å². The van der Waals surface area contributed by atoms with Crippen LogP contribution in [0.4, 0.5) is 4.39 Å². The number of aromatic nitrogens is 2. The van der Waals surface area contributed by atoms with Gasteiger partial charge >= 0.3 is 0 Å². The highest BCUT2D eigenvalue weighted by molar-refractivity contribution is 7.13. The van der Waals surface area contributed by atoms with E-state index in [2.05, 4.69) is 36.7 Å². The SMILES string of the molecule is Cc1ncsc1-c1ccc(C(CC(=O)NCCOCCNC(=O)COc2ccc3c(c2)[C@H](NC(=O)c2cc(-c4ccc(C(=O)N(C)C)c(O)c4)on2)CC3)NC(=O)[C@@H]2C[C@@H](O)CN2C(=O)C(NC(=O)C2(F)CC2)C(C)(C)C)cc1. The lowest BCUT2D eigenvalue weighted by Gasteiger charge is -2.36. The van der Waals surface area contributed by atoms with Crippen molar-refractivity contribution >= 4 is 52.7 Å². The van der Waals surface area contributed by atoms with Gasteiger partial charge in [0.1, 0.15) is 23.6 Å². The van der Waals surface area contributed by atoms with E-state index < -0.39 is 70.8 Å². The van der Waals surface area contributed by atoms with Gasteiger partial charge in [-0.1, -0.05) is 62.3 Å². The van der Waals surface area contributed by atoms with Crippen molar-refractivity contribution < 1.29 is 62.2 Å². The Morgan fingerprint density at radius 2 is 1.65 bits per heavy atom. The molecule has 2 aromatic heterocycles. The first kappa shape index (κ1) is 57.4. The van der Waals surface area contributed by atoms with E-state index in [0.29, 0.717) is 29.7 Å². The summed E-state index contributed by atoms with van der Waals surface area (Å²) in [6.45, 7) is 7.08. The fraction of sp³-hybridized carbons (Fsp3) is 0.446. The summed E-state index contributed by atoms with van der Waals surface area (Å²) in [6, 6.07) is 15.1. The van der Waals surface area contributed by atoms with Crippen molar-refractivity contribution in [3.05, 3.63) is 106 Å². The molecule has 8 rings (SSSR count). The number of nitrogens with zero attached hydrogens (tertiary/aromatic N) is 4. The van der Waals surface area contributed by atoms with Crippen molar-refractivity contribution in [2.75, 3.05) is 53.6 Å². The molecule has 420 valence electrons. The van der Waals surface area contributed by atoms with Crippen LogP contribution in [0.1, 0.15) is 108 Å². The van der Waals surface area contributed by atoms with Gasteiger partial charge in [0.15, 0.2) is 23.7 Å². The normalized spacial score (nSPS) is 17.9. The third-order valence-corrected chi connectivity index (χ3v) is 15.0. The molecule has 2 fully saturated rings. The van der Waals surface area contributed by atoms with Crippen LogP contribution in [0.3, 0.4) is 0 Å². The number of phenolic OH excluding ortho intramolecular Hbond substituents is 1. The number of rotatable bonds is 22. The average Bonchev–Trinajstić information content (AvgIpc) is 3.99. The molecule has 0 spiro atoms. The van der Waals surface area contributed by atoms with Crippen molar-refractivity contribution in [2.24, 2.45) is 5.41 Å². The van der Waals surface area contributed by atoms with Crippen LogP contribution in [0.2, 0.25) is 0 Å². The molecule has 2 unspecified atom stereocenters. The molecule has 79 heavy (non-hydrogen) atoms. The van der Waals surface area contributed by atoms with Crippen LogP contribution in [0.5, 0.6) is 11.5 Å². The van der Waals surface area contributed by atoms with Crippen LogP contribution >= 0.6 is 11.3 Å². The minimum absolute atomic E-state index is 0.0266.